The normalized spacial score (nSPS) is 12.6. The minimum Gasteiger partial charge on any atom is -0.326 e. The van der Waals surface area contributed by atoms with Crippen molar-refractivity contribution in [1.82, 2.24) is 9.13 Å². The van der Waals surface area contributed by atoms with Crippen molar-refractivity contribution < 1.29 is 9.59 Å². The van der Waals surface area contributed by atoms with Crippen LogP contribution in [0.4, 0.5) is 11.4 Å². The third-order valence-corrected chi connectivity index (χ3v) is 19.3. The SMILES string of the molecule is CC(C)C(=O)Nc1cc(C(C)C)c(-n2c(=O)c3ccc4c5cc6cc7ccc8cc9cc%10c(cc9cc8ccc7cc6cc5c5ccc(c2=O)c3c45)c2ccc3c(=O)n(-c4c(C(C)C)cc(NC(=O)C(C)C)cc4C(C)C)c(=O)c4ccc%10c2c43)c(C(C)C)c1. The maximum absolute atomic E-state index is 15.1. The molecule has 0 unspecified atom stereocenters. The number of hydrogen-bond donors (Lipinski definition) is 2. The van der Waals surface area contributed by atoms with Gasteiger partial charge in [-0.25, -0.2) is 9.13 Å². The lowest BCUT2D eigenvalue weighted by Gasteiger charge is -2.23. The molecule has 0 spiro atoms. The highest BCUT2D eigenvalue weighted by Gasteiger charge is 2.29. The van der Waals surface area contributed by atoms with Crippen molar-refractivity contribution in [3.63, 3.8) is 0 Å². The first kappa shape index (κ1) is 56.4. The van der Waals surface area contributed by atoms with E-state index < -0.39 is 0 Å². The summed E-state index contributed by atoms with van der Waals surface area (Å²) < 4.78 is 2.77. The smallest absolute Gasteiger partial charge is 0.266 e. The number of nitrogens with one attached hydrogen (secondary N) is 2. The van der Waals surface area contributed by atoms with Crippen LogP contribution in [0, 0.1) is 11.8 Å². The van der Waals surface area contributed by atoms with Gasteiger partial charge in [0.15, 0.2) is 0 Å². The van der Waals surface area contributed by atoms with Gasteiger partial charge < -0.3 is 10.6 Å². The van der Waals surface area contributed by atoms with E-state index >= 15 is 19.2 Å². The fraction of sp³-hybridized carbons (Fsp3) is 0.225. The predicted molar refractivity (Wildman–Crippen MR) is 377 cm³/mol. The second-order valence-electron chi connectivity index (χ2n) is 27.1. The standard InChI is InChI=1S/C80H68N4O6/c1-37(2)61-33-51(81-75(85)41(9)10)34-62(38(3)4)73(61)83-77(87)57-21-17-53-65-29-47-25-43-13-15-45-27-49-31-67-55-19-23-59-72-60(80(90)84(79(59)89)74-63(39(5)6)35-52(36-64(74)40(7)8)82-76(86)42(11)12)24-20-56(70(55)72)68(67)32-50(49)28-46(45)16-14-44(43)26-48(47)30-66(65)54-18-22-58(78(83)88)71(57)69(53)54/h13-42H,1-12H3,(H,81,85)(H,82,86). The maximum atomic E-state index is 15.1. The molecule has 0 bridgehead atoms. The summed E-state index contributed by atoms with van der Waals surface area (Å²) in [6.45, 7) is 23.8. The Labute approximate surface area is 518 Å². The van der Waals surface area contributed by atoms with E-state index in [2.05, 4.69) is 83.4 Å². The summed E-state index contributed by atoms with van der Waals surface area (Å²) in [4.78, 5) is 86.1. The average molecular weight is 1180 g/mol. The van der Waals surface area contributed by atoms with Crippen molar-refractivity contribution >= 4 is 152 Å². The molecule has 2 aromatic heterocycles. The maximum Gasteiger partial charge on any atom is 0.266 e. The van der Waals surface area contributed by atoms with Crippen LogP contribution in [0.2, 0.25) is 0 Å². The molecule has 0 aliphatic heterocycles. The number of pyridine rings is 2. The van der Waals surface area contributed by atoms with Gasteiger partial charge in [-0.15, -0.1) is 0 Å². The zero-order chi connectivity index (χ0) is 62.9. The van der Waals surface area contributed by atoms with Crippen LogP contribution >= 0.6 is 0 Å². The first-order valence-electron chi connectivity index (χ1n) is 31.6. The van der Waals surface area contributed by atoms with Crippen molar-refractivity contribution in [3.8, 4) is 11.4 Å². The van der Waals surface area contributed by atoms with E-state index in [1.807, 2.05) is 156 Å². The van der Waals surface area contributed by atoms with Gasteiger partial charge in [0.1, 0.15) is 0 Å². The number of carbonyl (C=O) groups is 2. The van der Waals surface area contributed by atoms with Gasteiger partial charge in [-0.2, -0.15) is 0 Å². The van der Waals surface area contributed by atoms with Crippen molar-refractivity contribution in [2.75, 3.05) is 10.6 Å². The van der Waals surface area contributed by atoms with E-state index in [9.17, 15) is 9.59 Å². The molecule has 444 valence electrons. The fourth-order valence-corrected chi connectivity index (χ4v) is 14.6. The number of anilines is 2. The van der Waals surface area contributed by atoms with Crippen LogP contribution in [-0.4, -0.2) is 20.9 Å². The summed E-state index contributed by atoms with van der Waals surface area (Å²) >= 11 is 0. The van der Waals surface area contributed by atoms with E-state index in [0.29, 0.717) is 55.1 Å². The highest BCUT2D eigenvalue weighted by molar-refractivity contribution is 6.38. The molecule has 15 aromatic rings. The summed E-state index contributed by atoms with van der Waals surface area (Å²) in [6.07, 6.45) is 0. The molecule has 90 heavy (non-hydrogen) atoms. The Balaban J connectivity index is 0.842. The zero-order valence-electron chi connectivity index (χ0n) is 52.7. The van der Waals surface area contributed by atoms with Crippen LogP contribution in [0.1, 0.15) is 129 Å². The number of fused-ring (bicyclic) bond motifs is 10. The van der Waals surface area contributed by atoms with Gasteiger partial charge in [0.2, 0.25) is 11.8 Å². The fourth-order valence-electron chi connectivity index (χ4n) is 14.6. The second-order valence-corrected chi connectivity index (χ2v) is 27.1. The molecule has 10 nitrogen and oxygen atoms in total. The number of carbonyl (C=O) groups excluding carboxylic acids is 2. The number of hydrogen-bond acceptors (Lipinski definition) is 6. The molecule has 10 heteroatoms. The van der Waals surface area contributed by atoms with Gasteiger partial charge in [0.25, 0.3) is 22.2 Å². The molecule has 0 aliphatic rings. The molecule has 0 saturated heterocycles. The lowest BCUT2D eigenvalue weighted by Crippen LogP contribution is -2.34. The van der Waals surface area contributed by atoms with Crippen LogP contribution in [0.15, 0.2) is 165 Å². The molecule has 2 heterocycles. The number of nitrogens with zero attached hydrogens (tertiary/aromatic N) is 2. The lowest BCUT2D eigenvalue weighted by molar-refractivity contribution is -0.119. The van der Waals surface area contributed by atoms with Gasteiger partial charge in [-0.05, 0) is 240 Å². The minimum atomic E-state index is -0.358. The van der Waals surface area contributed by atoms with Gasteiger partial charge >= 0.3 is 0 Å². The molecule has 0 atom stereocenters. The summed E-state index contributed by atoms with van der Waals surface area (Å²) in [5.74, 6) is -0.868. The number of benzene rings is 10. The first-order chi connectivity index (χ1) is 43.1. The summed E-state index contributed by atoms with van der Waals surface area (Å²) in [7, 11) is 0. The number of aromatic nitrogens is 2. The minimum absolute atomic E-state index is 0.0592. The van der Waals surface area contributed by atoms with Crippen LogP contribution in [0.5, 0.6) is 0 Å². The predicted octanol–water partition coefficient (Wildman–Crippen LogP) is 18.5. The Morgan fingerprint density at radius 3 is 0.722 bits per heavy atom. The molecule has 0 aliphatic carbocycles. The highest BCUT2D eigenvalue weighted by Crippen LogP contribution is 2.46. The Morgan fingerprint density at radius 1 is 0.278 bits per heavy atom. The van der Waals surface area contributed by atoms with Crippen molar-refractivity contribution in [1.29, 1.82) is 0 Å². The van der Waals surface area contributed by atoms with E-state index in [4.69, 9.17) is 0 Å². The molecule has 0 radical (unpaired) electrons. The third-order valence-electron chi connectivity index (χ3n) is 19.3. The van der Waals surface area contributed by atoms with Crippen LogP contribution < -0.4 is 32.9 Å². The topological polar surface area (TPSA) is 136 Å². The van der Waals surface area contributed by atoms with Gasteiger partial charge in [-0.1, -0.05) is 132 Å². The molecule has 13 aromatic carbocycles. The van der Waals surface area contributed by atoms with Gasteiger partial charge in [-0.3, -0.25) is 28.8 Å². The largest absolute Gasteiger partial charge is 0.326 e. The Hall–Kier alpha value is -10.1. The zero-order valence-corrected chi connectivity index (χ0v) is 52.7. The van der Waals surface area contributed by atoms with E-state index in [1.54, 1.807) is 0 Å². The molecule has 0 fully saturated rings. The summed E-state index contributed by atoms with van der Waals surface area (Å²) in [5, 5.41) is 28.1. The Kier molecular flexibility index (Phi) is 12.7. The lowest BCUT2D eigenvalue weighted by atomic mass is 9.91. The molecule has 2 amide bonds. The van der Waals surface area contributed by atoms with Gasteiger partial charge in [0, 0.05) is 55.5 Å². The number of rotatable bonds is 10. The van der Waals surface area contributed by atoms with Crippen molar-refractivity contribution in [2.24, 2.45) is 11.8 Å². The summed E-state index contributed by atoms with van der Waals surface area (Å²) in [6, 6.07) is 50.2. The third kappa shape index (κ3) is 8.29. The molecule has 0 saturated carbocycles. The second kappa shape index (κ2) is 20.2. The Morgan fingerprint density at radius 2 is 0.500 bits per heavy atom. The van der Waals surface area contributed by atoms with Crippen molar-refractivity contribution in [3.05, 3.63) is 209 Å². The van der Waals surface area contributed by atoms with E-state index in [1.165, 1.54) is 9.13 Å². The van der Waals surface area contributed by atoms with E-state index in [0.717, 1.165) is 119 Å². The van der Waals surface area contributed by atoms with E-state index in [-0.39, 0.29) is 69.6 Å². The molecular formula is C80H68N4O6. The van der Waals surface area contributed by atoms with Gasteiger partial charge in [0.05, 0.1) is 11.4 Å². The van der Waals surface area contributed by atoms with Crippen LogP contribution in [-0.2, 0) is 9.59 Å². The van der Waals surface area contributed by atoms with Crippen LogP contribution in [0.25, 0.3) is 141 Å². The summed E-state index contributed by atoms with van der Waals surface area (Å²) in [5.41, 5.74) is 4.32. The Bertz CT molecular complexity index is 5260. The monoisotopic (exact) mass is 1180 g/mol. The van der Waals surface area contributed by atoms with Crippen LogP contribution in [0.3, 0.4) is 0 Å². The van der Waals surface area contributed by atoms with Crippen molar-refractivity contribution in [2.45, 2.75) is 107 Å². The molecule has 2 N–H and O–H groups in total. The molecular weight excluding hydrogens is 1110 g/mol. The average Bonchev–Trinajstić information content (AvgIpc) is 1.49. The quantitative estimate of drug-likeness (QED) is 0.140. The highest BCUT2D eigenvalue weighted by atomic mass is 16.2. The first-order valence-corrected chi connectivity index (χ1v) is 31.6. The molecule has 15 rings (SSSR count). The number of amides is 2.